The molecule has 20 heavy (non-hydrogen) atoms. The molecule has 0 aliphatic carbocycles. The molecule has 3 aromatic rings. The monoisotopic (exact) mass is 288 g/mol. The Bertz CT molecular complexity index is 741. The highest BCUT2D eigenvalue weighted by atomic mass is 35.5. The van der Waals surface area contributed by atoms with E-state index in [1.54, 1.807) is 0 Å². The van der Waals surface area contributed by atoms with Crippen LogP contribution in [0.25, 0.3) is 11.0 Å². The molecule has 1 aromatic carbocycles. The van der Waals surface area contributed by atoms with Gasteiger partial charge in [-0.3, -0.25) is 4.68 Å². The summed E-state index contributed by atoms with van der Waals surface area (Å²) in [4.78, 5) is 4.60. The van der Waals surface area contributed by atoms with Gasteiger partial charge in [0, 0.05) is 26.2 Å². The van der Waals surface area contributed by atoms with E-state index >= 15 is 0 Å². The first kappa shape index (κ1) is 13.2. The molecule has 0 spiro atoms. The van der Waals surface area contributed by atoms with Crippen molar-refractivity contribution in [2.75, 3.05) is 0 Å². The fourth-order valence-corrected chi connectivity index (χ4v) is 2.66. The van der Waals surface area contributed by atoms with Crippen molar-refractivity contribution in [2.45, 2.75) is 25.8 Å². The van der Waals surface area contributed by atoms with Crippen LogP contribution in [0.5, 0.6) is 0 Å². The van der Waals surface area contributed by atoms with E-state index in [1.807, 2.05) is 24.0 Å². The normalized spacial score (nSPS) is 11.3. The van der Waals surface area contributed by atoms with Crippen LogP contribution in [0.1, 0.15) is 17.1 Å². The summed E-state index contributed by atoms with van der Waals surface area (Å²) in [6, 6.07) is 8.34. The van der Waals surface area contributed by atoms with Crippen molar-refractivity contribution in [3.8, 4) is 0 Å². The van der Waals surface area contributed by atoms with E-state index in [2.05, 4.69) is 39.8 Å². The number of benzene rings is 1. The molecule has 2 aromatic heterocycles. The van der Waals surface area contributed by atoms with Crippen molar-refractivity contribution in [3.05, 3.63) is 47.5 Å². The molecule has 5 heteroatoms. The minimum absolute atomic E-state index is 0.427. The number of hydrogen-bond acceptors (Lipinski definition) is 2. The first-order valence-electron chi connectivity index (χ1n) is 6.67. The summed E-state index contributed by atoms with van der Waals surface area (Å²) in [6.07, 6.45) is 2.85. The predicted molar refractivity (Wildman–Crippen MR) is 80.9 cm³/mol. The first-order chi connectivity index (χ1) is 9.67. The van der Waals surface area contributed by atoms with Gasteiger partial charge in [-0.25, -0.2) is 4.98 Å². The number of imidazole rings is 1. The Kier molecular flexibility index (Phi) is 3.49. The van der Waals surface area contributed by atoms with E-state index in [9.17, 15) is 0 Å². The molecule has 0 radical (unpaired) electrons. The van der Waals surface area contributed by atoms with Crippen LogP contribution in [-0.2, 0) is 25.9 Å². The second kappa shape index (κ2) is 5.29. The van der Waals surface area contributed by atoms with Gasteiger partial charge in [-0.2, -0.15) is 5.10 Å². The van der Waals surface area contributed by atoms with Gasteiger partial charge in [0.2, 0.25) is 0 Å². The van der Waals surface area contributed by atoms with E-state index in [1.165, 1.54) is 5.56 Å². The third-order valence-corrected chi connectivity index (χ3v) is 3.70. The lowest BCUT2D eigenvalue weighted by Gasteiger charge is -2.06. The summed E-state index contributed by atoms with van der Waals surface area (Å²) >= 11 is 6.03. The van der Waals surface area contributed by atoms with Gasteiger partial charge in [-0.15, -0.1) is 11.6 Å². The molecule has 0 amide bonds. The minimum atomic E-state index is 0.427. The fourth-order valence-electron chi connectivity index (χ4n) is 2.46. The van der Waals surface area contributed by atoms with Crippen LogP contribution in [0.3, 0.4) is 0 Å². The SMILES string of the molecule is Cc1ccc2nc(CCl)n(CCc3ccn(C)n3)c2c1. The first-order valence-corrected chi connectivity index (χ1v) is 7.21. The summed E-state index contributed by atoms with van der Waals surface area (Å²) < 4.78 is 4.03. The predicted octanol–water partition coefficient (Wildman–Crippen LogP) is 3.06. The van der Waals surface area contributed by atoms with Gasteiger partial charge < -0.3 is 4.57 Å². The molecule has 0 unspecified atom stereocenters. The Morgan fingerprint density at radius 1 is 1.25 bits per heavy atom. The highest BCUT2D eigenvalue weighted by Crippen LogP contribution is 2.19. The van der Waals surface area contributed by atoms with Crippen LogP contribution in [0.2, 0.25) is 0 Å². The highest BCUT2D eigenvalue weighted by Gasteiger charge is 2.10. The molecule has 0 saturated carbocycles. The number of rotatable bonds is 4. The molecule has 0 aliphatic heterocycles. The number of alkyl halides is 1. The zero-order valence-corrected chi connectivity index (χ0v) is 12.4. The largest absolute Gasteiger partial charge is 0.327 e. The van der Waals surface area contributed by atoms with Crippen LogP contribution in [0.15, 0.2) is 30.5 Å². The molecule has 4 nitrogen and oxygen atoms in total. The lowest BCUT2D eigenvalue weighted by Crippen LogP contribution is -2.06. The number of aryl methyl sites for hydroxylation is 4. The molecular weight excluding hydrogens is 272 g/mol. The molecule has 0 fully saturated rings. The average molecular weight is 289 g/mol. The number of aromatic nitrogens is 4. The lowest BCUT2D eigenvalue weighted by molar-refractivity contribution is 0.660. The molecule has 0 atom stereocenters. The lowest BCUT2D eigenvalue weighted by atomic mass is 10.2. The maximum Gasteiger partial charge on any atom is 0.124 e. The third-order valence-electron chi connectivity index (χ3n) is 3.46. The average Bonchev–Trinajstić information content (AvgIpc) is 2.99. The van der Waals surface area contributed by atoms with E-state index in [0.717, 1.165) is 35.5 Å². The maximum atomic E-state index is 6.03. The number of hydrogen-bond donors (Lipinski definition) is 0. The van der Waals surface area contributed by atoms with Gasteiger partial charge in [0.1, 0.15) is 5.82 Å². The van der Waals surface area contributed by atoms with E-state index < -0.39 is 0 Å². The van der Waals surface area contributed by atoms with Crippen molar-refractivity contribution in [2.24, 2.45) is 7.05 Å². The smallest absolute Gasteiger partial charge is 0.124 e. The second-order valence-corrected chi connectivity index (χ2v) is 5.30. The Morgan fingerprint density at radius 2 is 2.10 bits per heavy atom. The van der Waals surface area contributed by atoms with Crippen LogP contribution in [-0.4, -0.2) is 19.3 Å². The fraction of sp³-hybridized carbons (Fsp3) is 0.333. The van der Waals surface area contributed by atoms with Crippen LogP contribution >= 0.6 is 11.6 Å². The Morgan fingerprint density at radius 3 is 2.80 bits per heavy atom. The molecule has 0 aliphatic rings. The molecule has 104 valence electrons. The van der Waals surface area contributed by atoms with Crippen molar-refractivity contribution in [3.63, 3.8) is 0 Å². The van der Waals surface area contributed by atoms with Crippen LogP contribution < -0.4 is 0 Å². The van der Waals surface area contributed by atoms with Gasteiger partial charge in [0.15, 0.2) is 0 Å². The topological polar surface area (TPSA) is 35.6 Å². The molecule has 0 bridgehead atoms. The van der Waals surface area contributed by atoms with E-state index in [4.69, 9.17) is 11.6 Å². The molecule has 0 N–H and O–H groups in total. The molecule has 3 rings (SSSR count). The minimum Gasteiger partial charge on any atom is -0.327 e. The summed E-state index contributed by atoms with van der Waals surface area (Å²) in [6.45, 7) is 2.94. The second-order valence-electron chi connectivity index (χ2n) is 5.04. The van der Waals surface area contributed by atoms with Crippen molar-refractivity contribution < 1.29 is 0 Å². The van der Waals surface area contributed by atoms with Crippen molar-refractivity contribution in [1.82, 2.24) is 19.3 Å². The van der Waals surface area contributed by atoms with Gasteiger partial charge >= 0.3 is 0 Å². The summed E-state index contributed by atoms with van der Waals surface area (Å²) in [5.41, 5.74) is 4.48. The number of fused-ring (bicyclic) bond motifs is 1. The summed E-state index contributed by atoms with van der Waals surface area (Å²) in [5, 5.41) is 4.41. The van der Waals surface area contributed by atoms with Gasteiger partial charge in [0.25, 0.3) is 0 Å². The van der Waals surface area contributed by atoms with Crippen LogP contribution in [0, 0.1) is 6.92 Å². The van der Waals surface area contributed by atoms with E-state index in [0.29, 0.717) is 5.88 Å². The van der Waals surface area contributed by atoms with Crippen molar-refractivity contribution in [1.29, 1.82) is 0 Å². The Labute approximate surface area is 123 Å². The number of nitrogens with zero attached hydrogens (tertiary/aromatic N) is 4. The summed E-state index contributed by atoms with van der Waals surface area (Å²) in [7, 11) is 1.93. The molecule has 0 saturated heterocycles. The van der Waals surface area contributed by atoms with Gasteiger partial charge in [-0.1, -0.05) is 6.07 Å². The van der Waals surface area contributed by atoms with E-state index in [-0.39, 0.29) is 0 Å². The van der Waals surface area contributed by atoms with Gasteiger partial charge in [0.05, 0.1) is 22.6 Å². The highest BCUT2D eigenvalue weighted by molar-refractivity contribution is 6.16. The Hall–Kier alpha value is -1.81. The maximum absolute atomic E-state index is 6.03. The Balaban J connectivity index is 1.94. The molecule has 2 heterocycles. The van der Waals surface area contributed by atoms with Crippen molar-refractivity contribution >= 4 is 22.6 Å². The molecular formula is C15H17ClN4. The zero-order chi connectivity index (χ0) is 14.1. The zero-order valence-electron chi connectivity index (χ0n) is 11.7. The number of halogens is 1. The summed E-state index contributed by atoms with van der Waals surface area (Å²) in [5.74, 6) is 1.35. The van der Waals surface area contributed by atoms with Crippen LogP contribution in [0.4, 0.5) is 0 Å². The third kappa shape index (κ3) is 2.43. The quantitative estimate of drug-likeness (QED) is 0.692. The van der Waals surface area contributed by atoms with Gasteiger partial charge in [-0.05, 0) is 30.7 Å². The standard InChI is InChI=1S/C15H17ClN4/c1-11-3-4-13-14(9-11)20(15(10-16)17-13)8-6-12-5-7-19(2)18-12/h3-5,7,9H,6,8,10H2,1-2H3.